The molecule has 7 heteroatoms. The summed E-state index contributed by atoms with van der Waals surface area (Å²) >= 11 is 18.2. The van der Waals surface area contributed by atoms with Crippen molar-refractivity contribution in [1.82, 2.24) is 15.2 Å². The molecule has 1 saturated heterocycles. The molecule has 5 rings (SSSR count). The number of aromatic nitrogens is 1. The SMILES string of the molecule is S=C1N[C@@H](c2ccccn2)[C@@H](c2ccc(-c3ccc(Cl)cc3Cl)o2)N1C1CCCC1. The van der Waals surface area contributed by atoms with Gasteiger partial charge >= 0.3 is 0 Å². The van der Waals surface area contributed by atoms with E-state index < -0.39 is 0 Å². The molecule has 1 saturated carbocycles. The zero-order valence-corrected chi connectivity index (χ0v) is 18.6. The maximum atomic E-state index is 6.41. The minimum Gasteiger partial charge on any atom is -0.459 e. The van der Waals surface area contributed by atoms with Gasteiger partial charge in [0.15, 0.2) is 5.11 Å². The number of thiocarbonyl (C=S) groups is 1. The van der Waals surface area contributed by atoms with Crippen molar-refractivity contribution in [2.75, 3.05) is 0 Å². The predicted octanol–water partition coefficient (Wildman–Crippen LogP) is 6.56. The third kappa shape index (κ3) is 3.59. The molecule has 1 aromatic carbocycles. The van der Waals surface area contributed by atoms with Crippen LogP contribution in [0.25, 0.3) is 11.3 Å². The highest BCUT2D eigenvalue weighted by Crippen LogP contribution is 2.44. The number of furan rings is 1. The maximum absolute atomic E-state index is 6.41. The zero-order valence-electron chi connectivity index (χ0n) is 16.2. The third-order valence-electron chi connectivity index (χ3n) is 5.97. The second kappa shape index (κ2) is 8.22. The smallest absolute Gasteiger partial charge is 0.170 e. The highest BCUT2D eigenvalue weighted by Gasteiger charge is 2.45. The summed E-state index contributed by atoms with van der Waals surface area (Å²) in [5.41, 5.74) is 1.77. The van der Waals surface area contributed by atoms with Crippen LogP contribution in [0.3, 0.4) is 0 Å². The number of pyridine rings is 1. The number of hydrogen-bond donors (Lipinski definition) is 1. The van der Waals surface area contributed by atoms with Gasteiger partial charge in [-0.05, 0) is 67.5 Å². The number of rotatable bonds is 4. The van der Waals surface area contributed by atoms with Gasteiger partial charge in [-0.1, -0.05) is 42.1 Å². The first-order valence-corrected chi connectivity index (χ1v) is 11.3. The third-order valence-corrected chi connectivity index (χ3v) is 6.84. The number of nitrogens with zero attached hydrogens (tertiary/aromatic N) is 2. The van der Waals surface area contributed by atoms with Gasteiger partial charge in [0.25, 0.3) is 0 Å². The molecule has 2 fully saturated rings. The van der Waals surface area contributed by atoms with Crippen LogP contribution in [0.15, 0.2) is 59.1 Å². The normalized spacial score (nSPS) is 21.9. The van der Waals surface area contributed by atoms with E-state index in [0.717, 1.165) is 40.7 Å². The van der Waals surface area contributed by atoms with Gasteiger partial charge in [0.05, 0.1) is 16.8 Å². The highest BCUT2D eigenvalue weighted by atomic mass is 35.5. The fourth-order valence-corrected chi connectivity index (χ4v) is 5.48. The van der Waals surface area contributed by atoms with Gasteiger partial charge < -0.3 is 14.6 Å². The van der Waals surface area contributed by atoms with Crippen LogP contribution in [0.5, 0.6) is 0 Å². The van der Waals surface area contributed by atoms with Crippen molar-refractivity contribution in [2.24, 2.45) is 0 Å². The topological polar surface area (TPSA) is 41.3 Å². The molecule has 0 bridgehead atoms. The van der Waals surface area contributed by atoms with E-state index in [-0.39, 0.29) is 12.1 Å². The van der Waals surface area contributed by atoms with E-state index in [9.17, 15) is 0 Å². The molecule has 154 valence electrons. The van der Waals surface area contributed by atoms with Crippen molar-refractivity contribution in [3.05, 3.63) is 76.2 Å². The number of benzene rings is 1. The van der Waals surface area contributed by atoms with E-state index in [1.807, 2.05) is 48.7 Å². The van der Waals surface area contributed by atoms with E-state index in [1.165, 1.54) is 12.8 Å². The van der Waals surface area contributed by atoms with Crippen molar-refractivity contribution in [3.8, 4) is 11.3 Å². The summed E-state index contributed by atoms with van der Waals surface area (Å²) < 4.78 is 6.37. The average Bonchev–Trinajstić information content (AvgIpc) is 3.48. The summed E-state index contributed by atoms with van der Waals surface area (Å²) in [6, 6.07) is 15.7. The quantitative estimate of drug-likeness (QED) is 0.448. The molecule has 1 N–H and O–H groups in total. The number of halogens is 2. The van der Waals surface area contributed by atoms with Gasteiger partial charge in [0.1, 0.15) is 17.6 Å². The van der Waals surface area contributed by atoms with Crippen LogP contribution in [-0.4, -0.2) is 21.0 Å². The first kappa shape index (κ1) is 19.9. The molecule has 1 aliphatic heterocycles. The van der Waals surface area contributed by atoms with Crippen molar-refractivity contribution < 1.29 is 4.42 Å². The summed E-state index contributed by atoms with van der Waals surface area (Å²) in [7, 11) is 0. The Kier molecular flexibility index (Phi) is 5.44. The lowest BCUT2D eigenvalue weighted by Gasteiger charge is -2.31. The van der Waals surface area contributed by atoms with Gasteiger partial charge in [-0.3, -0.25) is 4.98 Å². The van der Waals surface area contributed by atoms with E-state index >= 15 is 0 Å². The zero-order chi connectivity index (χ0) is 20.7. The van der Waals surface area contributed by atoms with Gasteiger partial charge in [-0.15, -0.1) is 0 Å². The first-order chi connectivity index (χ1) is 14.6. The lowest BCUT2D eigenvalue weighted by Crippen LogP contribution is -2.37. The van der Waals surface area contributed by atoms with Crippen LogP contribution >= 0.6 is 35.4 Å². The molecular formula is C23H21Cl2N3OS. The summed E-state index contributed by atoms with van der Waals surface area (Å²) in [6.45, 7) is 0. The van der Waals surface area contributed by atoms with E-state index in [2.05, 4.69) is 15.2 Å². The van der Waals surface area contributed by atoms with Gasteiger partial charge in [-0.2, -0.15) is 0 Å². The number of nitrogens with one attached hydrogen (secondary N) is 1. The Balaban J connectivity index is 1.55. The fraction of sp³-hybridized carbons (Fsp3) is 0.304. The minimum absolute atomic E-state index is 0.0599. The second-order valence-corrected chi connectivity index (χ2v) is 9.03. The minimum atomic E-state index is -0.0704. The average molecular weight is 458 g/mol. The van der Waals surface area contributed by atoms with Crippen molar-refractivity contribution in [1.29, 1.82) is 0 Å². The molecule has 2 aromatic heterocycles. The molecule has 1 aliphatic carbocycles. The van der Waals surface area contributed by atoms with E-state index in [1.54, 1.807) is 6.07 Å². The Morgan fingerprint density at radius 1 is 1.07 bits per heavy atom. The van der Waals surface area contributed by atoms with Crippen LogP contribution in [-0.2, 0) is 0 Å². The fourth-order valence-electron chi connectivity index (χ4n) is 4.59. The van der Waals surface area contributed by atoms with Gasteiger partial charge in [-0.25, -0.2) is 0 Å². The highest BCUT2D eigenvalue weighted by molar-refractivity contribution is 7.80. The molecule has 3 aromatic rings. The number of hydrogen-bond acceptors (Lipinski definition) is 3. The van der Waals surface area contributed by atoms with Gasteiger partial charge in [0.2, 0.25) is 0 Å². The predicted molar refractivity (Wildman–Crippen MR) is 124 cm³/mol. The molecule has 2 aliphatic rings. The van der Waals surface area contributed by atoms with Gasteiger partial charge in [0, 0.05) is 22.8 Å². The summed E-state index contributed by atoms with van der Waals surface area (Å²) in [5.74, 6) is 1.57. The van der Waals surface area contributed by atoms with E-state index in [0.29, 0.717) is 16.1 Å². The maximum Gasteiger partial charge on any atom is 0.170 e. The molecule has 4 nitrogen and oxygen atoms in total. The molecule has 0 unspecified atom stereocenters. The Morgan fingerprint density at radius 2 is 1.90 bits per heavy atom. The largest absolute Gasteiger partial charge is 0.459 e. The lowest BCUT2D eigenvalue weighted by atomic mass is 10.0. The summed E-state index contributed by atoms with van der Waals surface area (Å²) in [4.78, 5) is 6.92. The molecule has 0 radical (unpaired) electrons. The Bertz CT molecular complexity index is 1070. The first-order valence-electron chi connectivity index (χ1n) is 10.2. The Hall–Kier alpha value is -2.08. The van der Waals surface area contributed by atoms with Crippen molar-refractivity contribution >= 4 is 40.5 Å². The Labute approximate surface area is 191 Å². The van der Waals surface area contributed by atoms with Crippen LogP contribution in [0.4, 0.5) is 0 Å². The van der Waals surface area contributed by atoms with Crippen LogP contribution < -0.4 is 5.32 Å². The lowest BCUT2D eigenvalue weighted by molar-refractivity contribution is 0.218. The van der Waals surface area contributed by atoms with E-state index in [4.69, 9.17) is 39.8 Å². The molecule has 30 heavy (non-hydrogen) atoms. The van der Waals surface area contributed by atoms with Crippen LogP contribution in [0, 0.1) is 0 Å². The van der Waals surface area contributed by atoms with Crippen LogP contribution in [0.1, 0.15) is 49.2 Å². The monoisotopic (exact) mass is 457 g/mol. The van der Waals surface area contributed by atoms with Crippen molar-refractivity contribution in [3.63, 3.8) is 0 Å². The molecule has 3 heterocycles. The molecule has 2 atom stereocenters. The summed E-state index contributed by atoms with van der Waals surface area (Å²) in [5, 5.41) is 5.44. The summed E-state index contributed by atoms with van der Waals surface area (Å²) in [6.07, 6.45) is 6.56. The Morgan fingerprint density at radius 3 is 2.63 bits per heavy atom. The van der Waals surface area contributed by atoms with Crippen LogP contribution in [0.2, 0.25) is 10.0 Å². The molecule has 0 amide bonds. The molecule has 0 spiro atoms. The second-order valence-electron chi connectivity index (χ2n) is 7.80. The van der Waals surface area contributed by atoms with Crippen molar-refractivity contribution in [2.45, 2.75) is 43.8 Å². The molecular weight excluding hydrogens is 437 g/mol. The standard InChI is InChI=1S/C23H21Cl2N3OS/c24-14-8-9-16(17(25)13-14)19-10-11-20(29-19)22-21(18-7-3-4-12-26-18)27-23(30)28(22)15-5-1-2-6-15/h3-4,7-13,15,21-22H,1-2,5-6H2,(H,27,30)/t21-,22+/m0/s1.